The highest BCUT2D eigenvalue weighted by Crippen LogP contribution is 2.39. The van der Waals surface area contributed by atoms with Crippen molar-refractivity contribution in [1.29, 1.82) is 5.41 Å². The van der Waals surface area contributed by atoms with Crippen molar-refractivity contribution in [2.75, 3.05) is 7.05 Å². The summed E-state index contributed by atoms with van der Waals surface area (Å²) in [7, 11) is 1.40. The minimum Gasteiger partial charge on any atom is -0.436 e. The molecule has 1 aromatic carbocycles. The molecular weight excluding hydrogens is 346 g/mol. The van der Waals surface area contributed by atoms with Gasteiger partial charge in [-0.15, -0.1) is 0 Å². The van der Waals surface area contributed by atoms with Crippen molar-refractivity contribution in [2.24, 2.45) is 0 Å². The first-order valence-electron chi connectivity index (χ1n) is 5.62. The summed E-state index contributed by atoms with van der Waals surface area (Å²) >= 11 is 11.4. The molecule has 1 aromatic rings. The van der Waals surface area contributed by atoms with Crippen LogP contribution in [0.25, 0.3) is 0 Å². The molecule has 0 aliphatic carbocycles. The summed E-state index contributed by atoms with van der Waals surface area (Å²) in [5.74, 6) is -0.772. The first-order chi connectivity index (χ1) is 10.1. The Balaban J connectivity index is 2.86. The van der Waals surface area contributed by atoms with Gasteiger partial charge in [-0.2, -0.15) is 13.2 Å². The Morgan fingerprint density at radius 2 is 1.86 bits per heavy atom. The van der Waals surface area contributed by atoms with E-state index >= 15 is 0 Å². The van der Waals surface area contributed by atoms with Crippen LogP contribution in [0, 0.1) is 5.41 Å². The zero-order valence-corrected chi connectivity index (χ0v) is 12.5. The molecule has 0 aromatic heterocycles. The van der Waals surface area contributed by atoms with Gasteiger partial charge in [0.2, 0.25) is 5.90 Å². The third-order valence-corrected chi connectivity index (χ3v) is 2.78. The number of urea groups is 1. The SMILES string of the molecule is CNC(=O)N/C=C\C(=N)Oc1c(Cl)cc(C(F)(F)F)cc1Cl. The van der Waals surface area contributed by atoms with Gasteiger partial charge in [0.05, 0.1) is 15.6 Å². The van der Waals surface area contributed by atoms with Gasteiger partial charge in [0.25, 0.3) is 0 Å². The predicted octanol–water partition coefficient (Wildman–Crippen LogP) is 3.81. The van der Waals surface area contributed by atoms with Crippen molar-refractivity contribution in [3.05, 3.63) is 40.0 Å². The lowest BCUT2D eigenvalue weighted by atomic mass is 10.2. The average molecular weight is 356 g/mol. The molecule has 0 saturated heterocycles. The zero-order chi connectivity index (χ0) is 16.9. The van der Waals surface area contributed by atoms with Crippen LogP contribution in [0.3, 0.4) is 0 Å². The summed E-state index contributed by atoms with van der Waals surface area (Å²) in [4.78, 5) is 10.9. The number of amides is 2. The standard InChI is InChI=1S/C12H10Cl2F3N3O2/c1-19-11(21)20-3-2-9(18)22-10-7(13)4-6(5-8(10)14)12(15,16)17/h2-5,18H,1H3,(H2,19,20,21)/b3-2-,18-9?. The van der Waals surface area contributed by atoms with E-state index < -0.39 is 33.7 Å². The average Bonchev–Trinajstić information content (AvgIpc) is 2.41. The van der Waals surface area contributed by atoms with E-state index in [4.69, 9.17) is 33.3 Å². The molecule has 0 fully saturated rings. The first-order valence-corrected chi connectivity index (χ1v) is 6.38. The summed E-state index contributed by atoms with van der Waals surface area (Å²) in [6.45, 7) is 0. The number of ether oxygens (including phenoxy) is 1. The van der Waals surface area contributed by atoms with Crippen LogP contribution < -0.4 is 15.4 Å². The molecule has 0 unspecified atom stereocenters. The van der Waals surface area contributed by atoms with Crippen molar-refractivity contribution in [2.45, 2.75) is 6.18 Å². The molecule has 0 aliphatic heterocycles. The van der Waals surface area contributed by atoms with E-state index in [9.17, 15) is 18.0 Å². The third kappa shape index (κ3) is 5.12. The van der Waals surface area contributed by atoms with E-state index in [1.54, 1.807) is 0 Å². The van der Waals surface area contributed by atoms with Gasteiger partial charge >= 0.3 is 12.2 Å². The molecule has 0 spiro atoms. The first kappa shape index (κ1) is 18.1. The Hall–Kier alpha value is -1.93. The second kappa shape index (κ2) is 7.37. The number of rotatable bonds is 3. The van der Waals surface area contributed by atoms with Gasteiger partial charge in [-0.3, -0.25) is 5.41 Å². The summed E-state index contributed by atoms with van der Waals surface area (Å²) in [6.07, 6.45) is -2.44. The summed E-state index contributed by atoms with van der Waals surface area (Å²) < 4.78 is 42.6. The van der Waals surface area contributed by atoms with Crippen molar-refractivity contribution < 1.29 is 22.7 Å². The quantitative estimate of drug-likeness (QED) is 0.569. The molecule has 120 valence electrons. The Morgan fingerprint density at radius 3 is 2.32 bits per heavy atom. The maximum absolute atomic E-state index is 12.6. The van der Waals surface area contributed by atoms with Crippen molar-refractivity contribution in [3.8, 4) is 5.75 Å². The minimum absolute atomic E-state index is 0.286. The fourth-order valence-electron chi connectivity index (χ4n) is 1.23. The van der Waals surface area contributed by atoms with Crippen LogP contribution in [-0.4, -0.2) is 19.0 Å². The normalized spacial score (nSPS) is 11.4. The fourth-order valence-corrected chi connectivity index (χ4v) is 1.79. The van der Waals surface area contributed by atoms with Crippen molar-refractivity contribution in [3.63, 3.8) is 0 Å². The number of carbonyl (C=O) groups is 1. The molecule has 0 bridgehead atoms. The predicted molar refractivity (Wildman–Crippen MR) is 76.6 cm³/mol. The van der Waals surface area contributed by atoms with Crippen LogP contribution >= 0.6 is 23.2 Å². The summed E-state index contributed by atoms with van der Waals surface area (Å²) in [6, 6.07) is 0.764. The number of hydrogen-bond donors (Lipinski definition) is 3. The molecule has 3 N–H and O–H groups in total. The summed E-state index contributed by atoms with van der Waals surface area (Å²) in [5, 5.41) is 11.2. The second-order valence-electron chi connectivity index (χ2n) is 3.79. The van der Waals surface area contributed by atoms with Gasteiger partial charge in [-0.25, -0.2) is 4.79 Å². The molecule has 0 radical (unpaired) electrons. The molecular formula is C12H10Cl2F3N3O2. The van der Waals surface area contributed by atoms with Gasteiger partial charge in [-0.1, -0.05) is 23.2 Å². The van der Waals surface area contributed by atoms with Crippen LogP contribution in [0.4, 0.5) is 18.0 Å². The number of nitrogens with one attached hydrogen (secondary N) is 3. The number of benzene rings is 1. The lowest BCUT2D eigenvalue weighted by Gasteiger charge is -2.12. The van der Waals surface area contributed by atoms with Gasteiger partial charge in [0.15, 0.2) is 5.75 Å². The molecule has 0 heterocycles. The van der Waals surface area contributed by atoms with Crippen LogP contribution in [-0.2, 0) is 6.18 Å². The van der Waals surface area contributed by atoms with E-state index in [1.807, 2.05) is 0 Å². The topological polar surface area (TPSA) is 74.2 Å². The van der Waals surface area contributed by atoms with E-state index in [-0.39, 0.29) is 5.75 Å². The summed E-state index contributed by atoms with van der Waals surface area (Å²) in [5.41, 5.74) is -1.03. The van der Waals surface area contributed by atoms with Gasteiger partial charge < -0.3 is 15.4 Å². The Morgan fingerprint density at radius 1 is 1.32 bits per heavy atom. The Labute approximate surface area is 133 Å². The van der Waals surface area contributed by atoms with E-state index in [0.29, 0.717) is 12.1 Å². The molecule has 1 rings (SSSR count). The highest BCUT2D eigenvalue weighted by molar-refractivity contribution is 6.37. The molecule has 0 saturated carbocycles. The molecule has 10 heteroatoms. The van der Waals surface area contributed by atoms with Crippen LogP contribution in [0.15, 0.2) is 24.4 Å². The third-order valence-electron chi connectivity index (χ3n) is 2.21. The highest BCUT2D eigenvalue weighted by atomic mass is 35.5. The number of carbonyl (C=O) groups excluding carboxylic acids is 1. The van der Waals surface area contributed by atoms with Crippen molar-refractivity contribution in [1.82, 2.24) is 10.6 Å². The number of alkyl halides is 3. The lowest BCUT2D eigenvalue weighted by Crippen LogP contribution is -2.28. The van der Waals surface area contributed by atoms with Gasteiger partial charge in [0, 0.05) is 19.3 Å². The van der Waals surface area contributed by atoms with Gasteiger partial charge in [-0.05, 0) is 12.1 Å². The molecule has 22 heavy (non-hydrogen) atoms. The van der Waals surface area contributed by atoms with Crippen LogP contribution in [0.5, 0.6) is 5.75 Å². The maximum Gasteiger partial charge on any atom is 0.416 e. The molecule has 0 atom stereocenters. The van der Waals surface area contributed by atoms with E-state index in [2.05, 4.69) is 10.6 Å². The van der Waals surface area contributed by atoms with Crippen LogP contribution in [0.1, 0.15) is 5.56 Å². The largest absolute Gasteiger partial charge is 0.436 e. The monoisotopic (exact) mass is 355 g/mol. The minimum atomic E-state index is -4.60. The lowest BCUT2D eigenvalue weighted by molar-refractivity contribution is -0.137. The van der Waals surface area contributed by atoms with E-state index in [1.165, 1.54) is 7.05 Å². The zero-order valence-electron chi connectivity index (χ0n) is 11.0. The fraction of sp³-hybridized carbons (Fsp3) is 0.167. The Kier molecular flexibility index (Phi) is 6.07. The van der Waals surface area contributed by atoms with Crippen molar-refractivity contribution >= 4 is 35.1 Å². The molecule has 0 aliphatic rings. The molecule has 5 nitrogen and oxygen atoms in total. The number of hydrogen-bond acceptors (Lipinski definition) is 3. The molecule has 2 amide bonds. The second-order valence-corrected chi connectivity index (χ2v) is 4.60. The van der Waals surface area contributed by atoms with E-state index in [0.717, 1.165) is 12.3 Å². The smallest absolute Gasteiger partial charge is 0.416 e. The highest BCUT2D eigenvalue weighted by Gasteiger charge is 2.32. The van der Waals surface area contributed by atoms with Gasteiger partial charge in [0.1, 0.15) is 0 Å². The number of halogens is 5. The van der Waals surface area contributed by atoms with Crippen LogP contribution in [0.2, 0.25) is 10.0 Å². The maximum atomic E-state index is 12.6. The Bertz CT molecular complexity index is 595.